The number of nitrogens with zero attached hydrogens (tertiary/aromatic N) is 2. The molecule has 2 heterocycles. The minimum Gasteiger partial charge on any atom is -0.476 e. The average Bonchev–Trinajstić information content (AvgIpc) is 2.83. The van der Waals surface area contributed by atoms with Crippen molar-refractivity contribution in [2.75, 3.05) is 6.54 Å². The summed E-state index contributed by atoms with van der Waals surface area (Å²) in [6, 6.07) is 8.87. The van der Waals surface area contributed by atoms with Gasteiger partial charge in [0.25, 0.3) is 5.91 Å². The second-order valence-electron chi connectivity index (χ2n) is 4.09. The molecule has 0 spiro atoms. The summed E-state index contributed by atoms with van der Waals surface area (Å²) < 4.78 is 0. The van der Waals surface area contributed by atoms with Gasteiger partial charge >= 0.3 is 5.97 Å². The molecule has 0 saturated carbocycles. The second kappa shape index (κ2) is 4.16. The topological polar surface area (TPSA) is 91.7 Å². The van der Waals surface area contributed by atoms with Gasteiger partial charge < -0.3 is 10.4 Å². The van der Waals surface area contributed by atoms with E-state index in [2.05, 4.69) is 15.3 Å². The number of benzene rings is 1. The van der Waals surface area contributed by atoms with Gasteiger partial charge in [0, 0.05) is 5.39 Å². The molecular weight excluding hydrogens is 246 g/mol. The lowest BCUT2D eigenvalue weighted by Gasteiger charge is -2.07. The fourth-order valence-electron chi connectivity index (χ4n) is 1.98. The van der Waals surface area contributed by atoms with E-state index in [1.165, 1.54) is 0 Å². The predicted molar refractivity (Wildman–Crippen MR) is 68.2 cm³/mol. The Morgan fingerprint density at radius 3 is 2.79 bits per heavy atom. The van der Waals surface area contributed by atoms with Crippen LogP contribution in [0.4, 0.5) is 0 Å². The molecule has 0 unspecified atom stereocenters. The highest BCUT2D eigenvalue weighted by Crippen LogP contribution is 2.18. The summed E-state index contributed by atoms with van der Waals surface area (Å²) in [5.74, 6) is -1.20. The number of hydrogen-bond donors (Lipinski definition) is 2. The Morgan fingerprint density at radius 1 is 1.32 bits per heavy atom. The summed E-state index contributed by atoms with van der Waals surface area (Å²) in [5, 5.41) is 12.8. The maximum atomic E-state index is 11.3. The lowest BCUT2D eigenvalue weighted by atomic mass is 10.1. The third-order valence-corrected chi connectivity index (χ3v) is 2.83. The van der Waals surface area contributed by atoms with E-state index in [-0.39, 0.29) is 24.0 Å². The molecule has 1 aromatic carbocycles. The monoisotopic (exact) mass is 255 g/mol. The van der Waals surface area contributed by atoms with Gasteiger partial charge in [0.05, 0.1) is 17.6 Å². The molecule has 1 amide bonds. The predicted octanol–water partition coefficient (Wildman–Crippen LogP) is 0.809. The van der Waals surface area contributed by atoms with Crippen LogP contribution in [0.25, 0.3) is 10.9 Å². The van der Waals surface area contributed by atoms with Crippen LogP contribution >= 0.6 is 0 Å². The molecule has 0 saturated heterocycles. The van der Waals surface area contributed by atoms with Crippen LogP contribution in [0.5, 0.6) is 0 Å². The Morgan fingerprint density at radius 2 is 2.11 bits per heavy atom. The molecule has 0 fully saturated rings. The number of aromatic nitrogens is 1. The van der Waals surface area contributed by atoms with Gasteiger partial charge in [-0.05, 0) is 12.1 Å². The van der Waals surface area contributed by atoms with Gasteiger partial charge in [0.2, 0.25) is 0 Å². The van der Waals surface area contributed by atoms with Gasteiger partial charge in [-0.3, -0.25) is 4.79 Å². The number of carboxylic acid groups (broad SMARTS) is 1. The maximum absolute atomic E-state index is 11.3. The van der Waals surface area contributed by atoms with Crippen molar-refractivity contribution in [3.05, 3.63) is 41.6 Å². The smallest absolute Gasteiger partial charge is 0.355 e. The summed E-state index contributed by atoms with van der Waals surface area (Å²) >= 11 is 0. The van der Waals surface area contributed by atoms with Gasteiger partial charge in [-0.1, -0.05) is 18.2 Å². The van der Waals surface area contributed by atoms with Crippen LogP contribution in [-0.4, -0.2) is 34.3 Å². The zero-order chi connectivity index (χ0) is 13.4. The molecule has 2 N–H and O–H groups in total. The van der Waals surface area contributed by atoms with Crippen LogP contribution in [0, 0.1) is 0 Å². The van der Waals surface area contributed by atoms with Gasteiger partial charge in [0.15, 0.2) is 5.69 Å². The summed E-state index contributed by atoms with van der Waals surface area (Å²) in [6.45, 7) is 0.0845. The van der Waals surface area contributed by atoms with Crippen LogP contribution in [0.15, 0.2) is 35.3 Å². The largest absolute Gasteiger partial charge is 0.476 e. The molecule has 0 aliphatic carbocycles. The van der Waals surface area contributed by atoms with Crippen LogP contribution in [0.2, 0.25) is 0 Å². The third-order valence-electron chi connectivity index (χ3n) is 2.83. The molecule has 1 aliphatic rings. The number of aromatic carboxylic acids is 1. The first-order valence-corrected chi connectivity index (χ1v) is 5.64. The van der Waals surface area contributed by atoms with E-state index in [9.17, 15) is 14.7 Å². The lowest BCUT2D eigenvalue weighted by molar-refractivity contribution is -0.116. The van der Waals surface area contributed by atoms with Crippen molar-refractivity contribution in [1.82, 2.24) is 10.3 Å². The number of para-hydroxylation sites is 1. The van der Waals surface area contributed by atoms with Gasteiger partial charge in [0.1, 0.15) is 5.84 Å². The van der Waals surface area contributed by atoms with E-state index in [0.29, 0.717) is 11.1 Å². The van der Waals surface area contributed by atoms with Crippen LogP contribution in [0.3, 0.4) is 0 Å². The Kier molecular flexibility index (Phi) is 2.49. The fraction of sp³-hybridized carbons (Fsp3) is 0.0769. The number of pyridine rings is 1. The van der Waals surface area contributed by atoms with E-state index in [4.69, 9.17) is 0 Å². The molecule has 0 radical (unpaired) electrons. The van der Waals surface area contributed by atoms with Crippen molar-refractivity contribution >= 4 is 28.6 Å². The molecule has 94 valence electrons. The zero-order valence-electron chi connectivity index (χ0n) is 9.75. The first-order valence-electron chi connectivity index (χ1n) is 5.64. The number of fused-ring (bicyclic) bond motifs is 1. The van der Waals surface area contributed by atoms with Crippen molar-refractivity contribution in [3.63, 3.8) is 0 Å². The number of hydrogen-bond acceptors (Lipinski definition) is 4. The standard InChI is InChI=1S/C13H9N3O3/c17-10-6-14-12(16-10)8-5-7-3-1-2-4-9(7)15-11(8)13(18)19/h1-5H,6H2,(H,18,19)(H,14,16,17). The number of carbonyl (C=O) groups excluding carboxylic acids is 1. The number of aliphatic imine (C=N–C) groups is 1. The molecule has 1 aliphatic heterocycles. The van der Waals surface area contributed by atoms with Gasteiger partial charge in [-0.15, -0.1) is 0 Å². The maximum Gasteiger partial charge on any atom is 0.355 e. The lowest BCUT2D eigenvalue weighted by Crippen LogP contribution is -2.23. The van der Waals surface area contributed by atoms with Crippen LogP contribution in [0.1, 0.15) is 16.1 Å². The number of amidine groups is 1. The Hall–Kier alpha value is -2.76. The molecule has 0 bridgehead atoms. The highest BCUT2D eigenvalue weighted by Gasteiger charge is 2.22. The van der Waals surface area contributed by atoms with E-state index in [1.54, 1.807) is 18.2 Å². The molecule has 6 heteroatoms. The quantitative estimate of drug-likeness (QED) is 0.828. The molecule has 2 aromatic rings. The Balaban J connectivity index is 2.27. The van der Waals surface area contributed by atoms with Crippen molar-refractivity contribution < 1.29 is 14.7 Å². The van der Waals surface area contributed by atoms with E-state index in [0.717, 1.165) is 5.39 Å². The van der Waals surface area contributed by atoms with Crippen molar-refractivity contribution in [2.45, 2.75) is 0 Å². The Bertz CT molecular complexity index is 737. The number of rotatable bonds is 2. The van der Waals surface area contributed by atoms with Crippen LogP contribution in [-0.2, 0) is 4.79 Å². The molecule has 3 rings (SSSR count). The fourth-order valence-corrected chi connectivity index (χ4v) is 1.98. The molecule has 19 heavy (non-hydrogen) atoms. The van der Waals surface area contributed by atoms with Crippen molar-refractivity contribution in [3.8, 4) is 0 Å². The van der Waals surface area contributed by atoms with Gasteiger partial charge in [-0.25, -0.2) is 9.78 Å². The summed E-state index contributed by atoms with van der Waals surface area (Å²) in [5.41, 5.74) is 0.810. The Labute approximate surface area is 107 Å². The minimum absolute atomic E-state index is 0.0845. The van der Waals surface area contributed by atoms with Crippen molar-refractivity contribution in [2.24, 2.45) is 4.99 Å². The number of carbonyl (C=O) groups is 2. The van der Waals surface area contributed by atoms with E-state index < -0.39 is 5.97 Å². The zero-order valence-corrected chi connectivity index (χ0v) is 9.75. The summed E-state index contributed by atoms with van der Waals surface area (Å²) in [6.07, 6.45) is 0. The minimum atomic E-state index is -1.15. The summed E-state index contributed by atoms with van der Waals surface area (Å²) in [7, 11) is 0. The number of nitrogens with one attached hydrogen (secondary N) is 1. The highest BCUT2D eigenvalue weighted by atomic mass is 16.4. The molecular formula is C13H9N3O3. The highest BCUT2D eigenvalue weighted by molar-refractivity contribution is 6.15. The molecule has 6 nitrogen and oxygen atoms in total. The third kappa shape index (κ3) is 1.93. The van der Waals surface area contributed by atoms with E-state index >= 15 is 0 Å². The number of amides is 1. The average molecular weight is 255 g/mol. The second-order valence-corrected chi connectivity index (χ2v) is 4.09. The first kappa shape index (κ1) is 11.3. The number of carboxylic acids is 1. The van der Waals surface area contributed by atoms with E-state index in [1.807, 2.05) is 12.1 Å². The van der Waals surface area contributed by atoms with Crippen LogP contribution < -0.4 is 5.32 Å². The summed E-state index contributed by atoms with van der Waals surface area (Å²) in [4.78, 5) is 30.3. The molecule has 0 atom stereocenters. The van der Waals surface area contributed by atoms with Gasteiger partial charge in [-0.2, -0.15) is 4.99 Å². The molecule has 1 aromatic heterocycles. The van der Waals surface area contributed by atoms with Crippen molar-refractivity contribution in [1.29, 1.82) is 0 Å². The SMILES string of the molecule is O=C1CNC(c2cc3ccccc3nc2C(=O)O)=N1. The first-order chi connectivity index (χ1) is 9.15. The normalized spacial score (nSPS) is 14.3.